The van der Waals surface area contributed by atoms with Gasteiger partial charge in [0.15, 0.2) is 0 Å². The summed E-state index contributed by atoms with van der Waals surface area (Å²) in [5.74, 6) is 0. The fourth-order valence-corrected chi connectivity index (χ4v) is 1.89. The molecule has 0 aliphatic heterocycles. The highest BCUT2D eigenvalue weighted by molar-refractivity contribution is 6.36. The molecule has 4 N–H and O–H groups in total. The first-order valence-corrected chi connectivity index (χ1v) is 5.31. The van der Waals surface area contributed by atoms with Crippen LogP contribution in [0.25, 0.3) is 0 Å². The number of hydrogen-bond donors (Lipinski definition) is 2. The quantitative estimate of drug-likeness (QED) is 0.786. The maximum absolute atomic E-state index is 5.95. The average molecular weight is 233 g/mol. The van der Waals surface area contributed by atoms with Gasteiger partial charge in [0.1, 0.15) is 0 Å². The molecule has 14 heavy (non-hydrogen) atoms. The number of nitrogens with two attached hydrogens (primary N) is 2. The van der Waals surface area contributed by atoms with Gasteiger partial charge >= 0.3 is 0 Å². The Labute approximate surface area is 94.2 Å². The second kappa shape index (κ2) is 4.87. The highest BCUT2D eigenvalue weighted by atomic mass is 35.5. The zero-order valence-corrected chi connectivity index (χ0v) is 9.57. The highest BCUT2D eigenvalue weighted by Gasteiger charge is 2.12. The van der Waals surface area contributed by atoms with Gasteiger partial charge in [0.05, 0.1) is 10.7 Å². The molecule has 1 aromatic rings. The van der Waals surface area contributed by atoms with Crippen molar-refractivity contribution < 1.29 is 0 Å². The van der Waals surface area contributed by atoms with Gasteiger partial charge in [-0.2, -0.15) is 0 Å². The molecular weight excluding hydrogens is 219 g/mol. The lowest BCUT2D eigenvalue weighted by atomic mass is 10.0. The number of rotatable bonds is 3. The largest absolute Gasteiger partial charge is 0.397 e. The molecule has 0 aliphatic carbocycles. The predicted octanol–water partition coefficient (Wildman–Crippen LogP) is 3.38. The average Bonchev–Trinajstić information content (AvgIpc) is 2.11. The standard InChI is InChI=1S/C10H14Cl2N2/c1-2-3-9(13)7-4-6(11)5-8(12)10(7)14/h4-5,9H,2-3,13-14H2,1H3/t9-/m0/s1. The SMILES string of the molecule is CCC[C@H](N)c1cc(Cl)cc(Cl)c1N. The van der Waals surface area contributed by atoms with Gasteiger partial charge < -0.3 is 11.5 Å². The Morgan fingerprint density at radius 2 is 2.00 bits per heavy atom. The molecule has 78 valence electrons. The molecule has 1 rings (SSSR count). The van der Waals surface area contributed by atoms with Crippen molar-refractivity contribution in [3.8, 4) is 0 Å². The topological polar surface area (TPSA) is 52.0 Å². The Morgan fingerprint density at radius 3 is 2.57 bits per heavy atom. The van der Waals surface area contributed by atoms with Gasteiger partial charge in [0.25, 0.3) is 0 Å². The fraction of sp³-hybridized carbons (Fsp3) is 0.400. The second-order valence-electron chi connectivity index (χ2n) is 3.29. The van der Waals surface area contributed by atoms with E-state index >= 15 is 0 Å². The van der Waals surface area contributed by atoms with E-state index in [1.807, 2.05) is 0 Å². The van der Waals surface area contributed by atoms with Crippen LogP contribution in [0.4, 0.5) is 5.69 Å². The van der Waals surface area contributed by atoms with E-state index in [1.54, 1.807) is 12.1 Å². The number of hydrogen-bond acceptors (Lipinski definition) is 2. The second-order valence-corrected chi connectivity index (χ2v) is 4.13. The van der Waals surface area contributed by atoms with Crippen molar-refractivity contribution >= 4 is 28.9 Å². The van der Waals surface area contributed by atoms with E-state index in [2.05, 4.69) is 6.92 Å². The van der Waals surface area contributed by atoms with Gasteiger partial charge in [-0.25, -0.2) is 0 Å². The third-order valence-electron chi connectivity index (χ3n) is 2.13. The van der Waals surface area contributed by atoms with Crippen molar-refractivity contribution in [3.05, 3.63) is 27.7 Å². The van der Waals surface area contributed by atoms with Crippen molar-refractivity contribution in [1.82, 2.24) is 0 Å². The molecule has 0 aliphatic rings. The summed E-state index contributed by atoms with van der Waals surface area (Å²) in [7, 11) is 0. The summed E-state index contributed by atoms with van der Waals surface area (Å²) in [6, 6.07) is 3.32. The Kier molecular flexibility index (Phi) is 4.05. The van der Waals surface area contributed by atoms with Crippen LogP contribution in [-0.2, 0) is 0 Å². The van der Waals surface area contributed by atoms with Crippen LogP contribution in [0.2, 0.25) is 10.0 Å². The minimum Gasteiger partial charge on any atom is -0.397 e. The molecule has 0 unspecified atom stereocenters. The van der Waals surface area contributed by atoms with E-state index in [0.29, 0.717) is 15.7 Å². The van der Waals surface area contributed by atoms with Crippen LogP contribution in [0.5, 0.6) is 0 Å². The smallest absolute Gasteiger partial charge is 0.0653 e. The lowest BCUT2D eigenvalue weighted by Gasteiger charge is -2.14. The van der Waals surface area contributed by atoms with Crippen molar-refractivity contribution in [2.24, 2.45) is 5.73 Å². The van der Waals surface area contributed by atoms with E-state index in [9.17, 15) is 0 Å². The fourth-order valence-electron chi connectivity index (χ4n) is 1.38. The third-order valence-corrected chi connectivity index (χ3v) is 2.66. The first-order chi connectivity index (χ1) is 6.56. The van der Waals surface area contributed by atoms with Crippen LogP contribution in [0.15, 0.2) is 12.1 Å². The van der Waals surface area contributed by atoms with Gasteiger partial charge in [-0.05, 0) is 24.1 Å². The zero-order valence-electron chi connectivity index (χ0n) is 8.06. The first-order valence-electron chi connectivity index (χ1n) is 4.56. The summed E-state index contributed by atoms with van der Waals surface area (Å²) in [4.78, 5) is 0. The maximum atomic E-state index is 5.95. The predicted molar refractivity (Wildman–Crippen MR) is 62.7 cm³/mol. The Balaban J connectivity index is 3.07. The molecule has 0 amide bonds. The summed E-state index contributed by atoms with van der Waals surface area (Å²) in [5, 5.41) is 1.05. The molecular formula is C10H14Cl2N2. The van der Waals surface area contributed by atoms with Gasteiger partial charge in [-0.3, -0.25) is 0 Å². The Morgan fingerprint density at radius 1 is 1.36 bits per heavy atom. The van der Waals surface area contributed by atoms with E-state index in [1.165, 1.54) is 0 Å². The number of benzene rings is 1. The molecule has 0 spiro atoms. The summed E-state index contributed by atoms with van der Waals surface area (Å²) in [6.07, 6.45) is 1.88. The molecule has 0 bridgehead atoms. The van der Waals surface area contributed by atoms with Crippen LogP contribution in [-0.4, -0.2) is 0 Å². The molecule has 0 fully saturated rings. The van der Waals surface area contributed by atoms with Gasteiger partial charge in [0, 0.05) is 11.1 Å². The summed E-state index contributed by atoms with van der Waals surface area (Å²) in [6.45, 7) is 2.07. The highest BCUT2D eigenvalue weighted by Crippen LogP contribution is 2.32. The molecule has 1 atom stereocenters. The van der Waals surface area contributed by atoms with Crippen molar-refractivity contribution in [3.63, 3.8) is 0 Å². The lowest BCUT2D eigenvalue weighted by molar-refractivity contribution is 0.640. The Hall–Kier alpha value is -0.440. The molecule has 0 saturated heterocycles. The number of nitrogen functional groups attached to an aromatic ring is 1. The maximum Gasteiger partial charge on any atom is 0.0653 e. The molecule has 0 saturated carbocycles. The first kappa shape index (κ1) is 11.6. The van der Waals surface area contributed by atoms with Gasteiger partial charge in [-0.15, -0.1) is 0 Å². The minimum atomic E-state index is -0.0869. The van der Waals surface area contributed by atoms with Crippen molar-refractivity contribution in [2.45, 2.75) is 25.8 Å². The van der Waals surface area contributed by atoms with Crippen LogP contribution in [0, 0.1) is 0 Å². The van der Waals surface area contributed by atoms with Crippen molar-refractivity contribution in [2.75, 3.05) is 5.73 Å². The van der Waals surface area contributed by atoms with E-state index in [-0.39, 0.29) is 6.04 Å². The monoisotopic (exact) mass is 232 g/mol. The zero-order chi connectivity index (χ0) is 10.7. The summed E-state index contributed by atoms with van der Waals surface area (Å²) >= 11 is 11.8. The van der Waals surface area contributed by atoms with Crippen molar-refractivity contribution in [1.29, 1.82) is 0 Å². The van der Waals surface area contributed by atoms with Crippen LogP contribution in [0.3, 0.4) is 0 Å². The molecule has 0 aromatic heterocycles. The molecule has 0 radical (unpaired) electrons. The third kappa shape index (κ3) is 2.53. The molecule has 4 heteroatoms. The molecule has 2 nitrogen and oxygen atoms in total. The van der Waals surface area contributed by atoms with Crippen LogP contribution >= 0.6 is 23.2 Å². The van der Waals surface area contributed by atoms with E-state index < -0.39 is 0 Å². The Bertz CT molecular complexity index is 326. The lowest BCUT2D eigenvalue weighted by Crippen LogP contribution is -2.12. The van der Waals surface area contributed by atoms with Gasteiger partial charge in [-0.1, -0.05) is 36.5 Å². The normalized spacial score (nSPS) is 12.9. The number of anilines is 1. The number of halogens is 2. The van der Waals surface area contributed by atoms with E-state index in [0.717, 1.165) is 18.4 Å². The summed E-state index contributed by atoms with van der Waals surface area (Å²) in [5.41, 5.74) is 13.1. The van der Waals surface area contributed by atoms with Crippen LogP contribution < -0.4 is 11.5 Å². The molecule has 0 heterocycles. The van der Waals surface area contributed by atoms with Gasteiger partial charge in [0.2, 0.25) is 0 Å². The summed E-state index contributed by atoms with van der Waals surface area (Å²) < 4.78 is 0. The van der Waals surface area contributed by atoms with E-state index in [4.69, 9.17) is 34.7 Å². The van der Waals surface area contributed by atoms with Crippen LogP contribution in [0.1, 0.15) is 31.4 Å². The molecule has 1 aromatic carbocycles. The minimum absolute atomic E-state index is 0.0869.